The fraction of sp³-hybridized carbons (Fsp3) is 0.889. The summed E-state index contributed by atoms with van der Waals surface area (Å²) in [5, 5.41) is 30.6. The molecule has 1 heterocycles. The first-order chi connectivity index (χ1) is 23.5. The highest BCUT2D eigenvalue weighted by molar-refractivity contribution is 7.85. The van der Waals surface area contributed by atoms with E-state index in [0.29, 0.717) is 12.8 Å². The van der Waals surface area contributed by atoms with Crippen LogP contribution in [-0.4, -0.2) is 96.0 Å². The molecule has 1 aliphatic heterocycles. The summed E-state index contributed by atoms with van der Waals surface area (Å²) in [5.41, 5.74) is 0. The van der Waals surface area contributed by atoms with Gasteiger partial charge in [-0.25, -0.2) is 0 Å². The zero-order chi connectivity index (χ0) is 36.3. The first kappa shape index (κ1) is 45.4. The Hall–Kier alpha value is -1.61. The van der Waals surface area contributed by atoms with Gasteiger partial charge in [-0.2, -0.15) is 8.42 Å². The predicted octanol–water partition coefficient (Wildman–Crippen LogP) is 5.94. The molecule has 4 N–H and O–H groups in total. The van der Waals surface area contributed by atoms with Gasteiger partial charge in [-0.15, -0.1) is 0 Å². The average Bonchev–Trinajstić information content (AvgIpc) is 3.05. The molecule has 0 aromatic carbocycles. The maximum Gasteiger partial charge on any atom is 0.306 e. The number of rotatable bonds is 30. The van der Waals surface area contributed by atoms with Crippen LogP contribution in [0.5, 0.6) is 0 Å². The number of carbonyl (C=O) groups excluding carboxylic acids is 2. The average molecular weight is 723 g/mol. The van der Waals surface area contributed by atoms with Crippen molar-refractivity contribution < 1.29 is 56.8 Å². The second-order valence-electron chi connectivity index (χ2n) is 13.2. The van der Waals surface area contributed by atoms with E-state index in [4.69, 9.17) is 18.9 Å². The van der Waals surface area contributed by atoms with Crippen molar-refractivity contribution in [1.82, 2.24) is 0 Å². The van der Waals surface area contributed by atoms with Crippen LogP contribution in [0.15, 0.2) is 12.2 Å². The van der Waals surface area contributed by atoms with E-state index < -0.39 is 71.2 Å². The molecule has 288 valence electrons. The first-order valence-electron chi connectivity index (χ1n) is 18.7. The zero-order valence-electron chi connectivity index (χ0n) is 30.1. The summed E-state index contributed by atoms with van der Waals surface area (Å²) in [6.07, 6.45) is 15.8. The summed E-state index contributed by atoms with van der Waals surface area (Å²) in [5.74, 6) is -2.00. The van der Waals surface area contributed by atoms with E-state index in [2.05, 4.69) is 26.0 Å². The summed E-state index contributed by atoms with van der Waals surface area (Å²) in [7, 11) is -4.59. The number of unbranched alkanes of at least 4 members (excludes halogenated alkanes) is 16. The predicted molar refractivity (Wildman–Crippen MR) is 187 cm³/mol. The molecule has 0 bridgehead atoms. The number of esters is 2. The Morgan fingerprint density at radius 2 is 1.16 bits per heavy atom. The van der Waals surface area contributed by atoms with Crippen LogP contribution in [-0.2, 0) is 38.7 Å². The molecule has 1 saturated heterocycles. The van der Waals surface area contributed by atoms with Crippen LogP contribution in [0.25, 0.3) is 0 Å². The Balaban J connectivity index is 2.53. The second kappa shape index (κ2) is 28.0. The first-order valence-corrected chi connectivity index (χ1v) is 20.4. The highest BCUT2D eigenvalue weighted by atomic mass is 32.2. The van der Waals surface area contributed by atoms with Crippen LogP contribution in [0.3, 0.4) is 0 Å². The molecule has 1 fully saturated rings. The van der Waals surface area contributed by atoms with Crippen molar-refractivity contribution in [3.05, 3.63) is 12.2 Å². The minimum atomic E-state index is -4.59. The molecule has 0 saturated carbocycles. The van der Waals surface area contributed by atoms with Gasteiger partial charge in [0.1, 0.15) is 36.8 Å². The van der Waals surface area contributed by atoms with Crippen LogP contribution in [0, 0.1) is 0 Å². The lowest BCUT2D eigenvalue weighted by Gasteiger charge is -2.40. The van der Waals surface area contributed by atoms with E-state index in [1.54, 1.807) is 0 Å². The quantitative estimate of drug-likeness (QED) is 0.0296. The van der Waals surface area contributed by atoms with Gasteiger partial charge < -0.3 is 34.3 Å². The topological polar surface area (TPSA) is 186 Å². The molecule has 6 atom stereocenters. The summed E-state index contributed by atoms with van der Waals surface area (Å²) in [6.45, 7) is 3.66. The van der Waals surface area contributed by atoms with Crippen molar-refractivity contribution in [2.45, 2.75) is 185 Å². The van der Waals surface area contributed by atoms with Gasteiger partial charge >= 0.3 is 11.9 Å². The summed E-state index contributed by atoms with van der Waals surface area (Å²) in [6, 6.07) is 0. The lowest BCUT2D eigenvalue weighted by Crippen LogP contribution is -2.60. The molecular formula is C36H66O12S. The van der Waals surface area contributed by atoms with E-state index in [1.165, 1.54) is 51.4 Å². The minimum Gasteiger partial charge on any atom is -0.462 e. The number of hydrogen-bond donors (Lipinski definition) is 4. The highest BCUT2D eigenvalue weighted by Gasteiger charge is 2.46. The van der Waals surface area contributed by atoms with Gasteiger partial charge in [0.15, 0.2) is 12.4 Å². The zero-order valence-corrected chi connectivity index (χ0v) is 30.9. The highest BCUT2D eigenvalue weighted by Crippen LogP contribution is 2.24. The SMILES string of the molecule is CCCCCCC/C=C/CCCCCCCC(=O)O[C@H](COC(=O)CCCCCCCCC)CO[C@H]1O[C@H](CS(=O)(=O)O)[C@@H](O)C(O)C1O. The molecule has 13 heteroatoms. The monoisotopic (exact) mass is 722 g/mol. The molecule has 0 spiro atoms. The maximum atomic E-state index is 12.7. The molecule has 0 aromatic heterocycles. The smallest absolute Gasteiger partial charge is 0.306 e. The molecule has 12 nitrogen and oxygen atoms in total. The van der Waals surface area contributed by atoms with Crippen molar-refractivity contribution >= 4 is 22.1 Å². The van der Waals surface area contributed by atoms with Crippen LogP contribution < -0.4 is 0 Å². The van der Waals surface area contributed by atoms with Gasteiger partial charge in [0.05, 0.1) is 6.61 Å². The molecule has 0 aromatic rings. The Morgan fingerprint density at radius 3 is 1.69 bits per heavy atom. The standard InChI is InChI=1S/C36H66O12S/c1-3-5-7-9-11-12-13-14-15-16-17-19-21-23-25-32(38)47-29(26-45-31(37)24-22-20-18-10-8-6-4-2)27-46-36-35(41)34(40)33(39)30(48-36)28-49(42,43)44/h13-14,29-30,33-36,39-41H,3-12,15-28H2,1-2H3,(H,42,43,44)/b14-13+/t29-,30-,33-,34?,35?,36+/m1/s1. The van der Waals surface area contributed by atoms with Crippen LogP contribution in [0.4, 0.5) is 0 Å². The third-order valence-corrected chi connectivity index (χ3v) is 9.35. The Kier molecular flexibility index (Phi) is 26.0. The summed E-state index contributed by atoms with van der Waals surface area (Å²) < 4.78 is 53.6. The largest absolute Gasteiger partial charge is 0.462 e. The molecule has 0 radical (unpaired) electrons. The van der Waals surface area contributed by atoms with E-state index in [-0.39, 0.29) is 19.4 Å². The van der Waals surface area contributed by atoms with E-state index in [9.17, 15) is 37.9 Å². The van der Waals surface area contributed by atoms with Crippen molar-refractivity contribution in [2.75, 3.05) is 19.0 Å². The lowest BCUT2D eigenvalue weighted by atomic mass is 10.00. The minimum absolute atomic E-state index is 0.157. The molecule has 49 heavy (non-hydrogen) atoms. The number of allylic oxidation sites excluding steroid dienone is 2. The van der Waals surface area contributed by atoms with Gasteiger partial charge in [-0.1, -0.05) is 109 Å². The third kappa shape index (κ3) is 23.5. The van der Waals surface area contributed by atoms with E-state index >= 15 is 0 Å². The van der Waals surface area contributed by atoms with Crippen molar-refractivity contribution in [2.24, 2.45) is 0 Å². The van der Waals surface area contributed by atoms with Crippen molar-refractivity contribution in [3.8, 4) is 0 Å². The Bertz CT molecular complexity index is 989. The number of aliphatic hydroxyl groups excluding tert-OH is 3. The van der Waals surface area contributed by atoms with Crippen molar-refractivity contribution in [3.63, 3.8) is 0 Å². The molecule has 2 unspecified atom stereocenters. The summed E-state index contributed by atoms with van der Waals surface area (Å²) in [4.78, 5) is 25.1. The maximum absolute atomic E-state index is 12.7. The normalized spacial score (nSPS) is 22.0. The number of hydrogen-bond acceptors (Lipinski definition) is 11. The lowest BCUT2D eigenvalue weighted by molar-refractivity contribution is -0.297. The van der Waals surface area contributed by atoms with Gasteiger partial charge in [-0.3, -0.25) is 14.1 Å². The Labute approximate surface area is 295 Å². The molecule has 1 rings (SSSR count). The molecule has 0 aliphatic carbocycles. The second-order valence-corrected chi connectivity index (χ2v) is 14.7. The Morgan fingerprint density at radius 1 is 0.673 bits per heavy atom. The van der Waals surface area contributed by atoms with Crippen molar-refractivity contribution in [1.29, 1.82) is 0 Å². The van der Waals surface area contributed by atoms with Gasteiger partial charge in [0, 0.05) is 12.8 Å². The fourth-order valence-corrected chi connectivity index (χ4v) is 6.30. The van der Waals surface area contributed by atoms with E-state index in [0.717, 1.165) is 57.8 Å². The van der Waals surface area contributed by atoms with Crippen LogP contribution >= 0.6 is 0 Å². The van der Waals surface area contributed by atoms with E-state index in [1.807, 2.05) is 0 Å². The molecule has 1 aliphatic rings. The van der Waals surface area contributed by atoms with Crippen LogP contribution in [0.2, 0.25) is 0 Å². The van der Waals surface area contributed by atoms with Gasteiger partial charge in [0.25, 0.3) is 10.1 Å². The van der Waals surface area contributed by atoms with Crippen LogP contribution in [0.1, 0.15) is 149 Å². The number of aliphatic hydroxyl groups is 3. The summed E-state index contributed by atoms with van der Waals surface area (Å²) >= 11 is 0. The van der Waals surface area contributed by atoms with Gasteiger partial charge in [0.2, 0.25) is 0 Å². The number of carbonyl (C=O) groups is 2. The van der Waals surface area contributed by atoms with Gasteiger partial charge in [-0.05, 0) is 38.5 Å². The number of ether oxygens (including phenoxy) is 4. The molecular weight excluding hydrogens is 656 g/mol. The molecule has 0 amide bonds. The fourth-order valence-electron chi connectivity index (χ4n) is 5.61. The third-order valence-electron chi connectivity index (χ3n) is 8.60.